The Balaban J connectivity index is 1.89. The number of fused-ring (bicyclic) bond motifs is 1. The van der Waals surface area contributed by atoms with E-state index in [0.29, 0.717) is 29.6 Å². The summed E-state index contributed by atoms with van der Waals surface area (Å²) < 4.78 is 21.4. The summed E-state index contributed by atoms with van der Waals surface area (Å²) >= 11 is 31.9. The third kappa shape index (κ3) is 13.2. The number of rotatable bonds is 24. The van der Waals surface area contributed by atoms with Crippen molar-refractivity contribution in [3.63, 3.8) is 0 Å². The van der Waals surface area contributed by atoms with E-state index in [0.717, 1.165) is 133 Å². The van der Waals surface area contributed by atoms with Crippen molar-refractivity contribution in [2.75, 3.05) is 0 Å². The first-order valence-electron chi connectivity index (χ1n) is 27.0. The fraction of sp³-hybridized carbons (Fsp3) is 0.453. The molecule has 0 bridgehead atoms. The van der Waals surface area contributed by atoms with E-state index in [4.69, 9.17) is 49.0 Å². The molecule has 0 aliphatic carbocycles. The zero-order valence-electron chi connectivity index (χ0n) is 45.6. The van der Waals surface area contributed by atoms with Crippen molar-refractivity contribution in [2.24, 2.45) is 0 Å². The summed E-state index contributed by atoms with van der Waals surface area (Å²) in [6, 6.07) is 22.8. The number of carbonyl (C=O) groups is 1. The molecule has 0 N–H and O–H groups in total. The lowest BCUT2D eigenvalue weighted by molar-refractivity contribution is 0.0297. The Morgan fingerprint density at radius 2 is 1.00 bits per heavy atom. The van der Waals surface area contributed by atoms with E-state index in [1.54, 1.807) is 0 Å². The summed E-state index contributed by atoms with van der Waals surface area (Å²) in [5.41, 5.74) is 16.7. The van der Waals surface area contributed by atoms with Crippen LogP contribution in [0.4, 0.5) is 0 Å². The highest BCUT2D eigenvalue weighted by atomic mass is 79.9. The number of aryl methyl sites for hydroxylation is 8. The van der Waals surface area contributed by atoms with Crippen LogP contribution in [-0.4, -0.2) is 17.1 Å². The van der Waals surface area contributed by atoms with Gasteiger partial charge in [0.15, 0.2) is 5.60 Å². The number of carbonyl (C=O) groups excluding carboxylic acids is 1. The van der Waals surface area contributed by atoms with Gasteiger partial charge < -0.3 is 14.2 Å². The molecule has 4 atom stereocenters. The van der Waals surface area contributed by atoms with Gasteiger partial charge in [0.05, 0.1) is 27.3 Å². The Bertz CT molecular complexity index is 2680. The zero-order valence-corrected chi connectivity index (χ0v) is 52.6. The normalized spacial score (nSPS) is 16.6. The van der Waals surface area contributed by atoms with Gasteiger partial charge in [-0.05, 0) is 241 Å². The summed E-state index contributed by atoms with van der Waals surface area (Å²) in [4.78, 5) is 15.2. The first-order valence-corrected chi connectivity index (χ1v) is 30.6. The largest absolute Gasteiger partial charge is 0.442 e. The van der Waals surface area contributed by atoms with Gasteiger partial charge in [-0.15, -0.1) is 0 Å². The van der Waals surface area contributed by atoms with Crippen LogP contribution in [0.25, 0.3) is 11.1 Å². The predicted octanol–water partition coefficient (Wildman–Crippen LogP) is 20.9. The molecule has 0 radical (unpaired) electrons. The maximum absolute atomic E-state index is 15.2. The van der Waals surface area contributed by atoms with Gasteiger partial charge in [0.25, 0.3) is 0 Å². The first-order chi connectivity index (χ1) is 35.3. The second-order valence-electron chi connectivity index (χ2n) is 19.8. The molecule has 4 nitrogen and oxygen atoms in total. The van der Waals surface area contributed by atoms with Crippen LogP contribution >= 0.6 is 82.6 Å². The highest BCUT2D eigenvalue weighted by Crippen LogP contribution is 2.55. The molecule has 10 heteroatoms. The van der Waals surface area contributed by atoms with E-state index in [2.05, 4.69) is 190 Å². The number of hydrogen-bond donors (Lipinski definition) is 0. The quantitative estimate of drug-likeness (QED) is 0.0267. The monoisotopic (exact) mass is 1250 g/mol. The smallest absolute Gasteiger partial charge is 0.341 e. The highest BCUT2D eigenvalue weighted by Gasteiger charge is 2.48. The van der Waals surface area contributed by atoms with Crippen molar-refractivity contribution in [3.8, 4) is 0 Å². The highest BCUT2D eigenvalue weighted by molar-refractivity contribution is 9.13. The number of alkyl halides is 2. The van der Waals surface area contributed by atoms with Crippen LogP contribution in [0, 0.1) is 13.8 Å². The van der Waals surface area contributed by atoms with E-state index >= 15 is 4.79 Å². The molecular formula is C64H76Br3Cl3O4. The van der Waals surface area contributed by atoms with Crippen LogP contribution in [0.15, 0.2) is 86.2 Å². The fourth-order valence-corrected chi connectivity index (χ4v) is 13.4. The van der Waals surface area contributed by atoms with Crippen molar-refractivity contribution < 1.29 is 19.0 Å². The summed E-state index contributed by atoms with van der Waals surface area (Å²) in [5, 5.41) is 0.426. The SMILES string of the molecule is CCCCc1cc(CC)c(/C(=C\C2(/C=C(/c3ccc(C(CC)OC(C)Cl)cc3C)c3c(CC)cc(CCCC)cc3CC)OC(=O)c3c(Br)c(Br)c(Cl)c(Br)c32)c2ccc(C(CC)OC(C)Cl)cc2C)c(CC)c1. The van der Waals surface area contributed by atoms with E-state index in [1.165, 1.54) is 33.4 Å². The van der Waals surface area contributed by atoms with Gasteiger partial charge in [-0.3, -0.25) is 0 Å². The summed E-state index contributed by atoms with van der Waals surface area (Å²) in [7, 11) is 0. The average Bonchev–Trinajstić information content (AvgIpc) is 3.67. The topological polar surface area (TPSA) is 44.8 Å². The summed E-state index contributed by atoms with van der Waals surface area (Å²) in [6.45, 7) is 25.8. The zero-order chi connectivity index (χ0) is 54.2. The van der Waals surface area contributed by atoms with Crippen LogP contribution in [0.1, 0.15) is 214 Å². The van der Waals surface area contributed by atoms with Crippen LogP contribution < -0.4 is 0 Å². The molecule has 0 spiro atoms. The number of cyclic esters (lactones) is 1. The molecule has 0 aromatic heterocycles. The van der Waals surface area contributed by atoms with E-state index < -0.39 is 22.7 Å². The number of benzene rings is 5. The Hall–Kier alpha value is -2.72. The van der Waals surface area contributed by atoms with Crippen LogP contribution in [0.3, 0.4) is 0 Å². The lowest BCUT2D eigenvalue weighted by Gasteiger charge is -2.30. The van der Waals surface area contributed by atoms with Gasteiger partial charge in [-0.2, -0.15) is 0 Å². The number of unbranched alkanes of at least 4 members (excludes halogenated alkanes) is 2. The molecule has 5 aromatic carbocycles. The van der Waals surface area contributed by atoms with Crippen molar-refractivity contribution in [1.82, 2.24) is 0 Å². The molecule has 398 valence electrons. The third-order valence-electron chi connectivity index (χ3n) is 14.5. The molecule has 0 amide bonds. The maximum Gasteiger partial charge on any atom is 0.341 e. The average molecular weight is 1260 g/mol. The second-order valence-corrected chi connectivity index (χ2v) is 23.8. The minimum Gasteiger partial charge on any atom is -0.442 e. The Labute approximate surface area is 484 Å². The van der Waals surface area contributed by atoms with Crippen LogP contribution in [-0.2, 0) is 58.3 Å². The lowest BCUT2D eigenvalue weighted by Crippen LogP contribution is -2.24. The van der Waals surface area contributed by atoms with Crippen LogP contribution in [0.2, 0.25) is 5.02 Å². The maximum atomic E-state index is 15.2. The van der Waals surface area contributed by atoms with Crippen molar-refractivity contribution in [2.45, 2.75) is 189 Å². The molecule has 4 unspecified atom stereocenters. The number of ether oxygens (including phenoxy) is 3. The first kappa shape index (κ1) is 60.5. The number of halogens is 6. The summed E-state index contributed by atoms with van der Waals surface area (Å²) in [6.07, 6.45) is 15.3. The Morgan fingerprint density at radius 3 is 1.32 bits per heavy atom. The van der Waals surface area contributed by atoms with Crippen molar-refractivity contribution in [1.29, 1.82) is 0 Å². The second kappa shape index (κ2) is 27.2. The van der Waals surface area contributed by atoms with E-state index in [9.17, 15) is 0 Å². The summed E-state index contributed by atoms with van der Waals surface area (Å²) in [5.74, 6) is -0.464. The van der Waals surface area contributed by atoms with Crippen molar-refractivity contribution in [3.05, 3.63) is 180 Å². The molecule has 1 aliphatic rings. The number of hydrogen-bond acceptors (Lipinski definition) is 4. The molecule has 0 fully saturated rings. The van der Waals surface area contributed by atoms with Crippen molar-refractivity contribution >= 4 is 99.7 Å². The minimum atomic E-state index is -1.53. The Kier molecular flexibility index (Phi) is 22.3. The predicted molar refractivity (Wildman–Crippen MR) is 325 cm³/mol. The molecule has 1 heterocycles. The molecule has 5 aromatic rings. The fourth-order valence-electron chi connectivity index (χ4n) is 10.9. The minimum absolute atomic E-state index is 0.188. The van der Waals surface area contributed by atoms with Gasteiger partial charge in [-0.1, -0.05) is 164 Å². The molecule has 0 saturated heterocycles. The molecular weight excluding hydrogens is 1180 g/mol. The molecule has 74 heavy (non-hydrogen) atoms. The van der Waals surface area contributed by atoms with E-state index in [1.807, 2.05) is 13.8 Å². The van der Waals surface area contributed by atoms with Gasteiger partial charge in [-0.25, -0.2) is 4.79 Å². The van der Waals surface area contributed by atoms with Gasteiger partial charge in [0.1, 0.15) is 11.1 Å². The van der Waals surface area contributed by atoms with Crippen LogP contribution in [0.5, 0.6) is 0 Å². The molecule has 1 aliphatic heterocycles. The molecule has 0 saturated carbocycles. The third-order valence-corrected chi connectivity index (χ3v) is 18.5. The molecule has 6 rings (SSSR count). The van der Waals surface area contributed by atoms with E-state index in [-0.39, 0.29) is 12.2 Å². The van der Waals surface area contributed by atoms with Gasteiger partial charge in [0.2, 0.25) is 0 Å². The standard InChI is InChI=1S/C64H76Br3Cl3O4/c1-13-21-23-41-31-43(15-3)55(44(16-4)32-41)51(49-27-25-47(29-37(49)9)53(19-7)72-39(11)68)35-64(58-57(63(71)74-64)59(65)61(67)62(70)60(58)66)36-52(50-28-26-48(30-38(50)10)54(20-8)73-40(12)69)56-45(17-5)33-42(24-22-14-2)34-46(56)18-6/h25-36,39-40,53-54H,13-24H2,1-12H3/b51-35-,52-36-. The van der Waals surface area contributed by atoms with Gasteiger partial charge >= 0.3 is 5.97 Å². The van der Waals surface area contributed by atoms with Gasteiger partial charge in [0, 0.05) is 14.5 Å². The Morgan fingerprint density at radius 1 is 0.608 bits per heavy atom. The lowest BCUT2D eigenvalue weighted by atomic mass is 9.77. The number of esters is 1.